The van der Waals surface area contributed by atoms with Crippen LogP contribution in [0.2, 0.25) is 0 Å². The van der Waals surface area contributed by atoms with Gasteiger partial charge in [0.25, 0.3) is 0 Å². The van der Waals surface area contributed by atoms with Gasteiger partial charge in [0.05, 0.1) is 5.00 Å². The van der Waals surface area contributed by atoms with Crippen LogP contribution < -0.4 is 4.90 Å². The Kier molecular flexibility index (Phi) is 2.13. The Balaban J connectivity index is 2.17. The Hall–Kier alpha value is -0.830. The number of amides is 1. The lowest BCUT2D eigenvalue weighted by Gasteiger charge is -2.24. The number of rotatable bonds is 1. The second-order valence-electron chi connectivity index (χ2n) is 2.95. The van der Waals surface area contributed by atoms with E-state index in [4.69, 9.17) is 0 Å². The van der Waals surface area contributed by atoms with E-state index in [2.05, 4.69) is 0 Å². The highest BCUT2D eigenvalue weighted by molar-refractivity contribution is 7.14. The van der Waals surface area contributed by atoms with E-state index in [1.165, 1.54) is 0 Å². The van der Waals surface area contributed by atoms with Crippen LogP contribution in [0.15, 0.2) is 17.5 Å². The van der Waals surface area contributed by atoms with Gasteiger partial charge in [-0.2, -0.15) is 0 Å². The zero-order chi connectivity index (χ0) is 8.39. The number of carbonyl (C=O) groups excluding carboxylic acids is 1. The molecule has 2 nitrogen and oxygen atoms in total. The van der Waals surface area contributed by atoms with E-state index in [1.807, 2.05) is 22.4 Å². The molecule has 0 bridgehead atoms. The second kappa shape index (κ2) is 3.27. The summed E-state index contributed by atoms with van der Waals surface area (Å²) in [6, 6.07) is 4.00. The molecule has 1 aliphatic rings. The zero-order valence-electron chi connectivity index (χ0n) is 6.82. The molecule has 0 N–H and O–H groups in total. The van der Waals surface area contributed by atoms with E-state index in [1.54, 1.807) is 11.3 Å². The first-order valence-corrected chi connectivity index (χ1v) is 5.10. The average molecular weight is 181 g/mol. The van der Waals surface area contributed by atoms with Gasteiger partial charge in [-0.25, -0.2) is 0 Å². The summed E-state index contributed by atoms with van der Waals surface area (Å²) in [4.78, 5) is 13.3. The monoisotopic (exact) mass is 181 g/mol. The van der Waals surface area contributed by atoms with E-state index in [9.17, 15) is 4.79 Å². The normalized spacial score (nSPS) is 18.3. The molecule has 0 unspecified atom stereocenters. The van der Waals surface area contributed by atoms with Crippen molar-refractivity contribution in [1.82, 2.24) is 0 Å². The highest BCUT2D eigenvalue weighted by atomic mass is 32.1. The van der Waals surface area contributed by atoms with Crippen molar-refractivity contribution in [1.29, 1.82) is 0 Å². The van der Waals surface area contributed by atoms with Crippen LogP contribution in [0.4, 0.5) is 5.00 Å². The van der Waals surface area contributed by atoms with Gasteiger partial charge >= 0.3 is 0 Å². The van der Waals surface area contributed by atoms with Gasteiger partial charge in [-0.05, 0) is 30.4 Å². The Morgan fingerprint density at radius 1 is 1.42 bits per heavy atom. The number of anilines is 1. The maximum Gasteiger partial charge on any atom is 0.227 e. The zero-order valence-corrected chi connectivity index (χ0v) is 7.64. The molecule has 12 heavy (non-hydrogen) atoms. The number of thiophene rings is 1. The van der Waals surface area contributed by atoms with Crippen LogP contribution >= 0.6 is 11.3 Å². The van der Waals surface area contributed by atoms with Crippen molar-refractivity contribution in [2.75, 3.05) is 11.4 Å². The minimum atomic E-state index is 0.281. The van der Waals surface area contributed by atoms with Crippen molar-refractivity contribution < 1.29 is 4.79 Å². The highest BCUT2D eigenvalue weighted by Gasteiger charge is 2.19. The highest BCUT2D eigenvalue weighted by Crippen LogP contribution is 2.25. The lowest BCUT2D eigenvalue weighted by atomic mass is 10.1. The minimum absolute atomic E-state index is 0.281. The third kappa shape index (κ3) is 1.37. The molecule has 64 valence electrons. The molecule has 0 radical (unpaired) electrons. The summed E-state index contributed by atoms with van der Waals surface area (Å²) < 4.78 is 0. The molecule has 1 aliphatic heterocycles. The summed E-state index contributed by atoms with van der Waals surface area (Å²) in [5.41, 5.74) is 0. The van der Waals surface area contributed by atoms with E-state index in [0.29, 0.717) is 0 Å². The number of nitrogens with zero attached hydrogens (tertiary/aromatic N) is 1. The van der Waals surface area contributed by atoms with Gasteiger partial charge in [0.2, 0.25) is 5.91 Å². The third-order valence-corrected chi connectivity index (χ3v) is 2.99. The van der Waals surface area contributed by atoms with Gasteiger partial charge < -0.3 is 4.90 Å². The SMILES string of the molecule is O=C1CCCCN1c1cccs1. The van der Waals surface area contributed by atoms with Crippen molar-refractivity contribution in [3.8, 4) is 0 Å². The van der Waals surface area contributed by atoms with Crippen LogP contribution in [0, 0.1) is 0 Å². The van der Waals surface area contributed by atoms with Crippen LogP contribution in [0.25, 0.3) is 0 Å². The Bertz CT molecular complexity index is 268. The molecule has 0 spiro atoms. The first-order valence-electron chi connectivity index (χ1n) is 4.22. The third-order valence-electron chi connectivity index (χ3n) is 2.10. The number of hydrogen-bond donors (Lipinski definition) is 0. The molecule has 0 aliphatic carbocycles. The average Bonchev–Trinajstić information content (AvgIpc) is 2.57. The van der Waals surface area contributed by atoms with Crippen LogP contribution in [-0.4, -0.2) is 12.5 Å². The second-order valence-corrected chi connectivity index (χ2v) is 3.88. The Morgan fingerprint density at radius 3 is 3.00 bits per heavy atom. The molecule has 2 heterocycles. The Morgan fingerprint density at radius 2 is 2.33 bits per heavy atom. The maximum absolute atomic E-state index is 11.4. The molecule has 0 saturated carbocycles. The smallest absolute Gasteiger partial charge is 0.227 e. The first-order chi connectivity index (χ1) is 5.88. The van der Waals surface area contributed by atoms with Gasteiger partial charge in [0.15, 0.2) is 0 Å². The summed E-state index contributed by atoms with van der Waals surface area (Å²) in [5.74, 6) is 0.281. The van der Waals surface area contributed by atoms with Gasteiger partial charge in [-0.3, -0.25) is 4.79 Å². The number of carbonyl (C=O) groups is 1. The van der Waals surface area contributed by atoms with E-state index in [0.717, 1.165) is 30.8 Å². The quantitative estimate of drug-likeness (QED) is 0.650. The minimum Gasteiger partial charge on any atom is -0.304 e. The van der Waals surface area contributed by atoms with Gasteiger partial charge in [-0.15, -0.1) is 11.3 Å². The van der Waals surface area contributed by atoms with Gasteiger partial charge in [0, 0.05) is 13.0 Å². The summed E-state index contributed by atoms with van der Waals surface area (Å²) in [7, 11) is 0. The van der Waals surface area contributed by atoms with Crippen LogP contribution in [0.1, 0.15) is 19.3 Å². The summed E-state index contributed by atoms with van der Waals surface area (Å²) >= 11 is 1.64. The fourth-order valence-electron chi connectivity index (χ4n) is 1.46. The van der Waals surface area contributed by atoms with Crippen molar-refractivity contribution in [2.45, 2.75) is 19.3 Å². The van der Waals surface area contributed by atoms with Crippen molar-refractivity contribution in [3.63, 3.8) is 0 Å². The molecule has 1 saturated heterocycles. The molecule has 1 aromatic heterocycles. The van der Waals surface area contributed by atoms with Crippen molar-refractivity contribution in [3.05, 3.63) is 17.5 Å². The van der Waals surface area contributed by atoms with Crippen LogP contribution in [0.5, 0.6) is 0 Å². The Labute approximate surface area is 75.8 Å². The number of piperidine rings is 1. The van der Waals surface area contributed by atoms with E-state index in [-0.39, 0.29) is 5.91 Å². The summed E-state index contributed by atoms with van der Waals surface area (Å²) in [5, 5.41) is 3.11. The number of hydrogen-bond acceptors (Lipinski definition) is 2. The topological polar surface area (TPSA) is 20.3 Å². The standard InChI is InChI=1S/C9H11NOS/c11-8-4-1-2-6-10(8)9-5-3-7-12-9/h3,5,7H,1-2,4,6H2. The van der Waals surface area contributed by atoms with Gasteiger partial charge in [0.1, 0.15) is 0 Å². The molecule has 1 fully saturated rings. The van der Waals surface area contributed by atoms with E-state index < -0.39 is 0 Å². The van der Waals surface area contributed by atoms with Crippen molar-refractivity contribution in [2.24, 2.45) is 0 Å². The van der Waals surface area contributed by atoms with Gasteiger partial charge in [-0.1, -0.05) is 0 Å². The molecule has 0 aromatic carbocycles. The maximum atomic E-state index is 11.4. The van der Waals surface area contributed by atoms with Crippen molar-refractivity contribution >= 4 is 22.2 Å². The van der Waals surface area contributed by atoms with Crippen LogP contribution in [-0.2, 0) is 4.79 Å². The molecular weight excluding hydrogens is 170 g/mol. The predicted octanol–water partition coefficient (Wildman–Crippen LogP) is 2.27. The molecule has 1 aromatic rings. The molecular formula is C9H11NOS. The lowest BCUT2D eigenvalue weighted by Crippen LogP contribution is -2.34. The summed E-state index contributed by atoms with van der Waals surface area (Å²) in [6.45, 7) is 0.902. The molecule has 0 atom stereocenters. The molecule has 3 heteroatoms. The molecule has 2 rings (SSSR count). The predicted molar refractivity (Wildman–Crippen MR) is 50.5 cm³/mol. The molecule has 1 amide bonds. The first kappa shape index (κ1) is 7.80. The largest absolute Gasteiger partial charge is 0.304 e. The fraction of sp³-hybridized carbons (Fsp3) is 0.444. The van der Waals surface area contributed by atoms with Crippen LogP contribution in [0.3, 0.4) is 0 Å². The lowest BCUT2D eigenvalue weighted by molar-refractivity contribution is -0.119. The summed E-state index contributed by atoms with van der Waals surface area (Å²) in [6.07, 6.45) is 2.92. The van der Waals surface area contributed by atoms with E-state index >= 15 is 0 Å². The fourth-order valence-corrected chi connectivity index (χ4v) is 2.24.